The lowest BCUT2D eigenvalue weighted by Crippen LogP contribution is -2.11. The maximum atomic E-state index is 5.90. The highest BCUT2D eigenvalue weighted by Gasteiger charge is 2.49. The molecule has 0 amide bonds. The number of aromatic nitrogens is 3. The number of hydrogen-bond donors (Lipinski definition) is 0. The van der Waals surface area contributed by atoms with Gasteiger partial charge in [0.2, 0.25) is 0 Å². The van der Waals surface area contributed by atoms with Crippen molar-refractivity contribution in [1.82, 2.24) is 14.8 Å². The zero-order chi connectivity index (χ0) is 11.9. The Morgan fingerprint density at radius 3 is 2.50 bits per heavy atom. The molecule has 0 N–H and O–H groups in total. The predicted octanol–water partition coefficient (Wildman–Crippen LogP) is 3.19. The molecule has 90 valence electrons. The van der Waals surface area contributed by atoms with E-state index in [2.05, 4.69) is 42.5 Å². The van der Waals surface area contributed by atoms with E-state index >= 15 is 0 Å². The van der Waals surface area contributed by atoms with Crippen molar-refractivity contribution in [2.24, 2.45) is 11.3 Å². The maximum absolute atomic E-state index is 5.90. The number of halogens is 1. The summed E-state index contributed by atoms with van der Waals surface area (Å²) in [5, 5.41) is 8.52. The molecule has 3 nitrogen and oxygen atoms in total. The summed E-state index contributed by atoms with van der Waals surface area (Å²) in [6, 6.07) is 0. The minimum absolute atomic E-state index is 0.394. The van der Waals surface area contributed by atoms with E-state index in [0.29, 0.717) is 23.1 Å². The summed E-state index contributed by atoms with van der Waals surface area (Å²) in [6.45, 7) is 9.95. The summed E-state index contributed by atoms with van der Waals surface area (Å²) in [5.74, 6) is 3.66. The van der Waals surface area contributed by atoms with Crippen LogP contribution < -0.4 is 0 Å². The van der Waals surface area contributed by atoms with Gasteiger partial charge in [-0.1, -0.05) is 27.7 Å². The van der Waals surface area contributed by atoms with E-state index in [1.165, 1.54) is 6.42 Å². The molecule has 1 atom stereocenters. The number of rotatable bonds is 4. The van der Waals surface area contributed by atoms with Crippen LogP contribution in [0.25, 0.3) is 0 Å². The number of alkyl halides is 1. The van der Waals surface area contributed by atoms with Crippen molar-refractivity contribution >= 4 is 11.6 Å². The first-order valence-electron chi connectivity index (χ1n) is 5.93. The Bertz CT molecular complexity index is 382. The van der Waals surface area contributed by atoms with Crippen LogP contribution in [-0.2, 0) is 12.4 Å². The molecule has 1 fully saturated rings. The minimum atomic E-state index is 0.394. The zero-order valence-electron chi connectivity index (χ0n) is 10.5. The molecule has 1 aliphatic rings. The topological polar surface area (TPSA) is 30.7 Å². The van der Waals surface area contributed by atoms with Gasteiger partial charge in [0.25, 0.3) is 0 Å². The third-order valence-corrected chi connectivity index (χ3v) is 3.59. The molecular formula is C12H20ClN3. The Morgan fingerprint density at radius 1 is 1.44 bits per heavy atom. The maximum Gasteiger partial charge on any atom is 0.147 e. The van der Waals surface area contributed by atoms with Gasteiger partial charge in [-0.25, -0.2) is 0 Å². The summed E-state index contributed by atoms with van der Waals surface area (Å²) in [7, 11) is 0. The molecule has 1 aromatic rings. The fourth-order valence-corrected chi connectivity index (χ4v) is 2.38. The average molecular weight is 242 g/mol. The van der Waals surface area contributed by atoms with Crippen LogP contribution in [0.1, 0.15) is 51.7 Å². The molecule has 1 aromatic heterocycles. The molecule has 1 unspecified atom stereocenters. The molecule has 0 radical (unpaired) electrons. The monoisotopic (exact) mass is 241 g/mol. The SMILES string of the molecule is CC(C)Cn1c(CCl)nnc1C1CC1(C)C. The molecule has 16 heavy (non-hydrogen) atoms. The highest BCUT2D eigenvalue weighted by Crippen LogP contribution is 2.58. The second kappa shape index (κ2) is 4.02. The van der Waals surface area contributed by atoms with Crippen LogP contribution >= 0.6 is 11.6 Å². The first kappa shape index (κ1) is 11.9. The van der Waals surface area contributed by atoms with Crippen molar-refractivity contribution in [2.75, 3.05) is 0 Å². The molecule has 4 heteroatoms. The number of hydrogen-bond acceptors (Lipinski definition) is 2. The third-order valence-electron chi connectivity index (χ3n) is 3.35. The fraction of sp³-hybridized carbons (Fsp3) is 0.833. The predicted molar refractivity (Wildman–Crippen MR) is 65.6 cm³/mol. The van der Waals surface area contributed by atoms with Crippen molar-refractivity contribution in [3.63, 3.8) is 0 Å². The van der Waals surface area contributed by atoms with E-state index in [1.54, 1.807) is 0 Å². The van der Waals surface area contributed by atoms with Gasteiger partial charge in [-0.15, -0.1) is 21.8 Å². The van der Waals surface area contributed by atoms with Crippen molar-refractivity contribution in [2.45, 2.75) is 52.5 Å². The summed E-state index contributed by atoms with van der Waals surface area (Å²) in [4.78, 5) is 0. The molecule has 0 spiro atoms. The summed E-state index contributed by atoms with van der Waals surface area (Å²) in [6.07, 6.45) is 1.21. The molecule has 1 aliphatic carbocycles. The van der Waals surface area contributed by atoms with Crippen LogP contribution in [-0.4, -0.2) is 14.8 Å². The van der Waals surface area contributed by atoms with Crippen molar-refractivity contribution in [3.05, 3.63) is 11.6 Å². The molecule has 0 aromatic carbocycles. The lowest BCUT2D eigenvalue weighted by molar-refractivity contribution is 0.486. The largest absolute Gasteiger partial charge is 0.313 e. The van der Waals surface area contributed by atoms with Gasteiger partial charge in [-0.3, -0.25) is 0 Å². The highest BCUT2D eigenvalue weighted by atomic mass is 35.5. The molecule has 0 saturated heterocycles. The van der Waals surface area contributed by atoms with Gasteiger partial charge in [0.05, 0.1) is 5.88 Å². The molecule has 1 heterocycles. The molecule has 1 saturated carbocycles. The van der Waals surface area contributed by atoms with Gasteiger partial charge in [0.15, 0.2) is 0 Å². The summed E-state index contributed by atoms with van der Waals surface area (Å²) in [5.41, 5.74) is 0.394. The average Bonchev–Trinajstić information content (AvgIpc) is 2.65. The van der Waals surface area contributed by atoms with Crippen LogP contribution in [0.15, 0.2) is 0 Å². The van der Waals surface area contributed by atoms with Gasteiger partial charge in [-0.05, 0) is 17.8 Å². The van der Waals surface area contributed by atoms with E-state index in [0.717, 1.165) is 18.2 Å². The van der Waals surface area contributed by atoms with E-state index in [4.69, 9.17) is 11.6 Å². The third kappa shape index (κ3) is 2.10. The van der Waals surface area contributed by atoms with E-state index in [1.807, 2.05) is 0 Å². The summed E-state index contributed by atoms with van der Waals surface area (Å²) >= 11 is 5.90. The Kier molecular flexibility index (Phi) is 2.99. The van der Waals surface area contributed by atoms with Gasteiger partial charge in [0.1, 0.15) is 11.6 Å². The normalized spacial score (nSPS) is 22.8. The highest BCUT2D eigenvalue weighted by molar-refractivity contribution is 6.16. The van der Waals surface area contributed by atoms with Gasteiger partial charge < -0.3 is 4.57 Å². The van der Waals surface area contributed by atoms with Crippen molar-refractivity contribution in [3.8, 4) is 0 Å². The quantitative estimate of drug-likeness (QED) is 0.758. The van der Waals surface area contributed by atoms with E-state index < -0.39 is 0 Å². The van der Waals surface area contributed by atoms with Crippen LogP contribution in [0.5, 0.6) is 0 Å². The van der Waals surface area contributed by atoms with E-state index in [9.17, 15) is 0 Å². The Labute approximate surface area is 102 Å². The summed E-state index contributed by atoms with van der Waals surface area (Å²) < 4.78 is 2.22. The second-order valence-electron chi connectivity index (χ2n) is 5.86. The molecule has 2 rings (SSSR count). The smallest absolute Gasteiger partial charge is 0.147 e. The van der Waals surface area contributed by atoms with E-state index in [-0.39, 0.29) is 0 Å². The lowest BCUT2D eigenvalue weighted by Gasteiger charge is -2.12. The minimum Gasteiger partial charge on any atom is -0.313 e. The van der Waals surface area contributed by atoms with Crippen LogP contribution in [0, 0.1) is 11.3 Å². The van der Waals surface area contributed by atoms with Gasteiger partial charge in [-0.2, -0.15) is 0 Å². The lowest BCUT2D eigenvalue weighted by atomic mass is 10.1. The fourth-order valence-electron chi connectivity index (χ4n) is 2.18. The second-order valence-corrected chi connectivity index (χ2v) is 6.13. The molecular weight excluding hydrogens is 222 g/mol. The van der Waals surface area contributed by atoms with Gasteiger partial charge >= 0.3 is 0 Å². The van der Waals surface area contributed by atoms with Crippen molar-refractivity contribution < 1.29 is 0 Å². The van der Waals surface area contributed by atoms with Crippen LogP contribution in [0.2, 0.25) is 0 Å². The Balaban J connectivity index is 2.28. The molecule has 0 bridgehead atoms. The Hall–Kier alpha value is -0.570. The number of nitrogens with zero attached hydrogens (tertiary/aromatic N) is 3. The molecule has 0 aliphatic heterocycles. The van der Waals surface area contributed by atoms with Crippen LogP contribution in [0.3, 0.4) is 0 Å². The first-order valence-corrected chi connectivity index (χ1v) is 6.47. The standard InChI is InChI=1S/C12H20ClN3/c1-8(2)7-16-10(6-13)14-15-11(16)9-5-12(9,3)4/h8-9H,5-7H2,1-4H3. The van der Waals surface area contributed by atoms with Crippen LogP contribution in [0.4, 0.5) is 0 Å². The van der Waals surface area contributed by atoms with Crippen molar-refractivity contribution in [1.29, 1.82) is 0 Å². The zero-order valence-corrected chi connectivity index (χ0v) is 11.3. The van der Waals surface area contributed by atoms with Gasteiger partial charge in [0, 0.05) is 12.5 Å². The Morgan fingerprint density at radius 2 is 2.06 bits per heavy atom. The first-order chi connectivity index (χ1) is 7.45.